The third-order valence-electron chi connectivity index (χ3n) is 5.60. The molecule has 1 aromatic heterocycles. The Labute approximate surface area is 155 Å². The standard InChI is InChI=1S/C19H31N3O2S/c1-3-22(4-2)18(23)7-6-16-8-10-19(24-16)9-5-12-21(15-19)14-17-20-11-13-25-17/h11,13,16H,3-10,12,14-15H2,1-2H3/t16-,19+/m1/s1. The summed E-state index contributed by atoms with van der Waals surface area (Å²) in [6, 6.07) is 0. The molecule has 5 nitrogen and oxygen atoms in total. The third-order valence-corrected chi connectivity index (χ3v) is 6.36. The van der Waals surface area contributed by atoms with Crippen molar-refractivity contribution in [2.45, 2.75) is 70.6 Å². The van der Waals surface area contributed by atoms with Gasteiger partial charge in [0.2, 0.25) is 5.91 Å². The van der Waals surface area contributed by atoms with E-state index in [1.165, 1.54) is 11.4 Å². The molecule has 0 unspecified atom stereocenters. The molecule has 0 N–H and O–H groups in total. The summed E-state index contributed by atoms with van der Waals surface area (Å²) in [5.41, 5.74) is 0.0123. The highest BCUT2D eigenvalue weighted by molar-refractivity contribution is 7.09. The first-order valence-electron chi connectivity index (χ1n) is 9.70. The molecule has 2 aliphatic rings. The van der Waals surface area contributed by atoms with Gasteiger partial charge in [-0.2, -0.15) is 0 Å². The highest BCUT2D eigenvalue weighted by Crippen LogP contribution is 2.39. The summed E-state index contributed by atoms with van der Waals surface area (Å²) in [5.74, 6) is 0.267. The molecule has 2 saturated heterocycles. The number of rotatable bonds is 7. The Hall–Kier alpha value is -0.980. The van der Waals surface area contributed by atoms with E-state index in [0.717, 1.165) is 58.4 Å². The number of hydrogen-bond acceptors (Lipinski definition) is 5. The van der Waals surface area contributed by atoms with Gasteiger partial charge < -0.3 is 9.64 Å². The van der Waals surface area contributed by atoms with E-state index in [1.807, 2.05) is 30.3 Å². The fraction of sp³-hybridized carbons (Fsp3) is 0.789. The largest absolute Gasteiger partial charge is 0.370 e. The Morgan fingerprint density at radius 1 is 1.44 bits per heavy atom. The van der Waals surface area contributed by atoms with Gasteiger partial charge >= 0.3 is 0 Å². The number of thiazole rings is 1. The average Bonchev–Trinajstić information content (AvgIpc) is 3.25. The molecule has 0 aromatic carbocycles. The summed E-state index contributed by atoms with van der Waals surface area (Å²) < 4.78 is 6.51. The maximum absolute atomic E-state index is 12.2. The minimum Gasteiger partial charge on any atom is -0.370 e. The van der Waals surface area contributed by atoms with Gasteiger partial charge in [0, 0.05) is 37.6 Å². The topological polar surface area (TPSA) is 45.7 Å². The maximum Gasteiger partial charge on any atom is 0.222 e. The van der Waals surface area contributed by atoms with Crippen LogP contribution in [0.1, 0.15) is 57.4 Å². The molecule has 3 heterocycles. The average molecular weight is 366 g/mol. The highest BCUT2D eigenvalue weighted by Gasteiger charge is 2.43. The first-order valence-corrected chi connectivity index (χ1v) is 10.6. The number of hydrogen-bond donors (Lipinski definition) is 0. The highest BCUT2D eigenvalue weighted by atomic mass is 32.1. The van der Waals surface area contributed by atoms with Crippen molar-refractivity contribution in [2.75, 3.05) is 26.2 Å². The van der Waals surface area contributed by atoms with Gasteiger partial charge in [0.05, 0.1) is 18.2 Å². The summed E-state index contributed by atoms with van der Waals surface area (Å²) in [6.07, 6.45) is 8.18. The van der Waals surface area contributed by atoms with Crippen molar-refractivity contribution in [3.63, 3.8) is 0 Å². The molecule has 140 valence electrons. The van der Waals surface area contributed by atoms with Crippen LogP contribution in [0.4, 0.5) is 0 Å². The predicted octanol–water partition coefficient (Wildman–Crippen LogP) is 3.31. The van der Waals surface area contributed by atoms with Gasteiger partial charge in [-0.15, -0.1) is 11.3 Å². The van der Waals surface area contributed by atoms with Crippen LogP contribution in [0.3, 0.4) is 0 Å². The Morgan fingerprint density at radius 2 is 2.28 bits per heavy atom. The molecule has 1 amide bonds. The Morgan fingerprint density at radius 3 is 3.00 bits per heavy atom. The van der Waals surface area contributed by atoms with Crippen LogP contribution in [0.15, 0.2) is 11.6 Å². The summed E-state index contributed by atoms with van der Waals surface area (Å²) in [5, 5.41) is 3.24. The van der Waals surface area contributed by atoms with Gasteiger partial charge in [0.1, 0.15) is 5.01 Å². The molecule has 6 heteroatoms. The summed E-state index contributed by atoms with van der Waals surface area (Å²) in [7, 11) is 0. The number of carbonyl (C=O) groups excluding carboxylic acids is 1. The van der Waals surface area contributed by atoms with E-state index < -0.39 is 0 Å². The fourth-order valence-corrected chi connectivity index (χ4v) is 4.92. The third kappa shape index (κ3) is 4.80. The quantitative estimate of drug-likeness (QED) is 0.744. The zero-order chi connectivity index (χ0) is 17.7. The number of amides is 1. The van der Waals surface area contributed by atoms with E-state index in [0.29, 0.717) is 6.42 Å². The van der Waals surface area contributed by atoms with Gasteiger partial charge in [-0.1, -0.05) is 0 Å². The number of likely N-dealkylation sites (tertiary alicyclic amines) is 1. The fourth-order valence-electron chi connectivity index (χ4n) is 4.27. The van der Waals surface area contributed by atoms with E-state index in [1.54, 1.807) is 11.3 Å². The van der Waals surface area contributed by atoms with E-state index in [2.05, 4.69) is 9.88 Å². The van der Waals surface area contributed by atoms with Crippen molar-refractivity contribution < 1.29 is 9.53 Å². The van der Waals surface area contributed by atoms with Crippen LogP contribution in [0.5, 0.6) is 0 Å². The zero-order valence-electron chi connectivity index (χ0n) is 15.6. The van der Waals surface area contributed by atoms with Gasteiger partial charge in [-0.3, -0.25) is 9.69 Å². The summed E-state index contributed by atoms with van der Waals surface area (Å²) in [4.78, 5) is 21.0. The van der Waals surface area contributed by atoms with Gasteiger partial charge in [-0.05, 0) is 52.5 Å². The lowest BCUT2D eigenvalue weighted by Gasteiger charge is -2.40. The molecule has 3 rings (SSSR count). The zero-order valence-corrected chi connectivity index (χ0v) is 16.4. The molecule has 0 radical (unpaired) electrons. The van der Waals surface area contributed by atoms with Crippen LogP contribution in [0.25, 0.3) is 0 Å². The first-order chi connectivity index (χ1) is 12.1. The van der Waals surface area contributed by atoms with Crippen molar-refractivity contribution >= 4 is 17.2 Å². The lowest BCUT2D eigenvalue weighted by atomic mass is 9.90. The Kier molecular flexibility index (Phi) is 6.47. The van der Waals surface area contributed by atoms with Crippen LogP contribution in [0.2, 0.25) is 0 Å². The van der Waals surface area contributed by atoms with Gasteiger partial charge in [-0.25, -0.2) is 4.98 Å². The minimum atomic E-state index is 0.0123. The number of piperidine rings is 1. The van der Waals surface area contributed by atoms with Crippen LogP contribution in [-0.4, -0.2) is 58.6 Å². The SMILES string of the molecule is CCN(CC)C(=O)CC[C@@H]1CC[C@]2(CCCN(Cc3nccs3)C2)O1. The van der Waals surface area contributed by atoms with E-state index in [9.17, 15) is 4.79 Å². The normalized spacial score (nSPS) is 27.0. The van der Waals surface area contributed by atoms with Crippen molar-refractivity contribution in [2.24, 2.45) is 0 Å². The Balaban J connectivity index is 1.48. The van der Waals surface area contributed by atoms with Gasteiger partial charge in [0.25, 0.3) is 0 Å². The van der Waals surface area contributed by atoms with Crippen molar-refractivity contribution in [3.8, 4) is 0 Å². The van der Waals surface area contributed by atoms with E-state index >= 15 is 0 Å². The van der Waals surface area contributed by atoms with Crippen LogP contribution in [-0.2, 0) is 16.1 Å². The minimum absolute atomic E-state index is 0.0123. The molecule has 2 fully saturated rings. The molecule has 1 spiro atoms. The number of ether oxygens (including phenoxy) is 1. The molecular weight excluding hydrogens is 334 g/mol. The summed E-state index contributed by atoms with van der Waals surface area (Å²) in [6.45, 7) is 8.77. The van der Waals surface area contributed by atoms with Crippen LogP contribution < -0.4 is 0 Å². The molecule has 2 atom stereocenters. The first kappa shape index (κ1) is 18.8. The summed E-state index contributed by atoms with van der Waals surface area (Å²) >= 11 is 1.73. The lowest BCUT2D eigenvalue weighted by Crippen LogP contribution is -2.47. The van der Waals surface area contributed by atoms with Crippen molar-refractivity contribution in [1.29, 1.82) is 0 Å². The maximum atomic E-state index is 12.2. The molecule has 0 bridgehead atoms. The van der Waals surface area contributed by atoms with Crippen molar-refractivity contribution in [1.82, 2.24) is 14.8 Å². The second-order valence-corrected chi connectivity index (χ2v) is 8.29. The predicted molar refractivity (Wildman–Crippen MR) is 101 cm³/mol. The monoisotopic (exact) mass is 365 g/mol. The molecular formula is C19H31N3O2S. The molecule has 0 saturated carbocycles. The van der Waals surface area contributed by atoms with Crippen molar-refractivity contribution in [3.05, 3.63) is 16.6 Å². The smallest absolute Gasteiger partial charge is 0.222 e. The molecule has 0 aliphatic carbocycles. The Bertz CT molecular complexity index is 547. The second-order valence-electron chi connectivity index (χ2n) is 7.31. The van der Waals surface area contributed by atoms with Gasteiger partial charge in [0.15, 0.2) is 0 Å². The molecule has 2 aliphatic heterocycles. The van der Waals surface area contributed by atoms with E-state index in [-0.39, 0.29) is 17.6 Å². The molecule has 25 heavy (non-hydrogen) atoms. The second kappa shape index (κ2) is 8.60. The van der Waals surface area contributed by atoms with Crippen LogP contribution >= 0.6 is 11.3 Å². The number of nitrogens with zero attached hydrogens (tertiary/aromatic N) is 3. The number of carbonyl (C=O) groups is 1. The van der Waals surface area contributed by atoms with Crippen LogP contribution in [0, 0.1) is 0 Å². The van der Waals surface area contributed by atoms with E-state index in [4.69, 9.17) is 4.74 Å². The molecule has 1 aromatic rings. The number of aromatic nitrogens is 1. The lowest BCUT2D eigenvalue weighted by molar-refractivity contribution is -0.132.